The summed E-state index contributed by atoms with van der Waals surface area (Å²) in [4.78, 5) is 24.6. The highest BCUT2D eigenvalue weighted by Crippen LogP contribution is 2.55. The summed E-state index contributed by atoms with van der Waals surface area (Å²) in [5.41, 5.74) is -0.427. The molecule has 5 heteroatoms. The standard InChI is InChI=1S/C18H30N2O3/c1-17(2,3)14(15(21)23-4)19-16(22)20-18-8-11-5-12(9-18)7-13(6-11)10-18/h11-14H,5-10H2,1-4H3,(H2,19,20,22). The minimum atomic E-state index is -0.638. The predicted octanol–water partition coefficient (Wildman–Crippen LogP) is 2.84. The zero-order valence-electron chi connectivity index (χ0n) is 14.8. The first kappa shape index (κ1) is 16.6. The van der Waals surface area contributed by atoms with Crippen molar-refractivity contribution in [1.29, 1.82) is 0 Å². The third kappa shape index (κ3) is 3.33. The van der Waals surface area contributed by atoms with Gasteiger partial charge in [0.15, 0.2) is 0 Å². The van der Waals surface area contributed by atoms with Crippen molar-refractivity contribution in [2.45, 2.75) is 70.9 Å². The molecule has 1 unspecified atom stereocenters. The van der Waals surface area contributed by atoms with E-state index in [9.17, 15) is 9.59 Å². The highest BCUT2D eigenvalue weighted by Gasteiger charge is 2.51. The fourth-order valence-corrected chi connectivity index (χ4v) is 5.42. The van der Waals surface area contributed by atoms with Gasteiger partial charge in [0.2, 0.25) is 0 Å². The quantitative estimate of drug-likeness (QED) is 0.785. The smallest absolute Gasteiger partial charge is 0.328 e. The van der Waals surface area contributed by atoms with E-state index in [2.05, 4.69) is 10.6 Å². The molecule has 0 aromatic carbocycles. The number of hydrogen-bond donors (Lipinski definition) is 2. The summed E-state index contributed by atoms with van der Waals surface area (Å²) in [6, 6.07) is -0.862. The van der Waals surface area contributed by atoms with E-state index in [1.807, 2.05) is 20.8 Å². The van der Waals surface area contributed by atoms with Crippen LogP contribution in [0.5, 0.6) is 0 Å². The van der Waals surface area contributed by atoms with Gasteiger partial charge in [-0.1, -0.05) is 20.8 Å². The minimum absolute atomic E-state index is 0.0443. The lowest BCUT2D eigenvalue weighted by Crippen LogP contribution is -2.63. The maximum Gasteiger partial charge on any atom is 0.328 e. The molecular weight excluding hydrogens is 292 g/mol. The van der Waals surface area contributed by atoms with Crippen molar-refractivity contribution in [3.05, 3.63) is 0 Å². The molecule has 2 amide bonds. The summed E-state index contributed by atoms with van der Waals surface area (Å²) in [7, 11) is 1.36. The second-order valence-corrected chi connectivity index (χ2v) is 9.12. The van der Waals surface area contributed by atoms with Crippen molar-refractivity contribution in [2.24, 2.45) is 23.2 Å². The Morgan fingerprint density at radius 1 is 1.04 bits per heavy atom. The number of hydrogen-bond acceptors (Lipinski definition) is 3. The number of ether oxygens (including phenoxy) is 1. The van der Waals surface area contributed by atoms with Gasteiger partial charge in [-0.25, -0.2) is 9.59 Å². The topological polar surface area (TPSA) is 67.4 Å². The van der Waals surface area contributed by atoms with Gasteiger partial charge in [0.05, 0.1) is 7.11 Å². The average Bonchev–Trinajstić information content (AvgIpc) is 2.40. The molecule has 4 aliphatic carbocycles. The average molecular weight is 322 g/mol. The van der Waals surface area contributed by atoms with Gasteiger partial charge < -0.3 is 15.4 Å². The van der Waals surface area contributed by atoms with Crippen LogP contribution >= 0.6 is 0 Å². The minimum Gasteiger partial charge on any atom is -0.467 e. The molecule has 0 heterocycles. The Morgan fingerprint density at radius 2 is 1.52 bits per heavy atom. The predicted molar refractivity (Wildman–Crippen MR) is 87.8 cm³/mol. The van der Waals surface area contributed by atoms with E-state index in [1.165, 1.54) is 26.4 Å². The van der Waals surface area contributed by atoms with Crippen molar-refractivity contribution in [3.8, 4) is 0 Å². The van der Waals surface area contributed by atoms with E-state index >= 15 is 0 Å². The molecule has 0 aromatic heterocycles. The van der Waals surface area contributed by atoms with Crippen LogP contribution in [0.15, 0.2) is 0 Å². The molecule has 0 aliphatic heterocycles. The molecule has 0 radical (unpaired) electrons. The van der Waals surface area contributed by atoms with Crippen LogP contribution in [0.1, 0.15) is 59.3 Å². The first-order chi connectivity index (χ1) is 10.7. The van der Waals surface area contributed by atoms with E-state index in [-0.39, 0.29) is 17.0 Å². The molecule has 130 valence electrons. The van der Waals surface area contributed by atoms with Crippen molar-refractivity contribution in [1.82, 2.24) is 10.6 Å². The molecule has 1 atom stereocenters. The zero-order valence-corrected chi connectivity index (χ0v) is 14.8. The van der Waals surface area contributed by atoms with E-state index < -0.39 is 12.0 Å². The molecule has 2 N–H and O–H groups in total. The maximum absolute atomic E-state index is 12.6. The zero-order chi connectivity index (χ0) is 16.8. The van der Waals surface area contributed by atoms with Crippen LogP contribution in [0.2, 0.25) is 0 Å². The lowest BCUT2D eigenvalue weighted by atomic mass is 9.53. The highest BCUT2D eigenvalue weighted by molar-refractivity contribution is 5.84. The molecule has 4 fully saturated rings. The van der Waals surface area contributed by atoms with E-state index in [0.29, 0.717) is 0 Å². The number of esters is 1. The third-order valence-corrected chi connectivity index (χ3v) is 6.00. The van der Waals surface area contributed by atoms with Crippen molar-refractivity contribution in [3.63, 3.8) is 0 Å². The Morgan fingerprint density at radius 3 is 1.91 bits per heavy atom. The number of methoxy groups -OCH3 is 1. The first-order valence-electron chi connectivity index (χ1n) is 8.87. The van der Waals surface area contributed by atoms with Gasteiger partial charge in [-0.15, -0.1) is 0 Å². The van der Waals surface area contributed by atoms with E-state index in [0.717, 1.165) is 37.0 Å². The first-order valence-corrected chi connectivity index (χ1v) is 8.87. The van der Waals surface area contributed by atoms with Crippen LogP contribution in [-0.4, -0.2) is 30.7 Å². The van der Waals surface area contributed by atoms with Crippen LogP contribution < -0.4 is 10.6 Å². The fraction of sp³-hybridized carbons (Fsp3) is 0.889. The molecule has 0 aromatic rings. The molecule has 23 heavy (non-hydrogen) atoms. The molecule has 0 saturated heterocycles. The van der Waals surface area contributed by atoms with Crippen LogP contribution in [0.3, 0.4) is 0 Å². The summed E-state index contributed by atoms with van der Waals surface area (Å²) >= 11 is 0. The molecule has 4 saturated carbocycles. The van der Waals surface area contributed by atoms with Gasteiger partial charge in [-0.2, -0.15) is 0 Å². The van der Waals surface area contributed by atoms with E-state index in [4.69, 9.17) is 4.74 Å². The summed E-state index contributed by atoms with van der Waals surface area (Å²) in [5.74, 6) is 1.94. The number of urea groups is 1. The normalized spacial score (nSPS) is 36.4. The monoisotopic (exact) mass is 322 g/mol. The van der Waals surface area contributed by atoms with Crippen LogP contribution in [-0.2, 0) is 9.53 Å². The molecule has 0 spiro atoms. The highest BCUT2D eigenvalue weighted by atomic mass is 16.5. The summed E-state index contributed by atoms with van der Waals surface area (Å²) < 4.78 is 4.85. The number of nitrogens with one attached hydrogen (secondary N) is 2. The molecule has 4 bridgehead atoms. The van der Waals surface area contributed by atoms with Crippen LogP contribution in [0.4, 0.5) is 4.79 Å². The number of rotatable bonds is 3. The number of carbonyl (C=O) groups is 2. The van der Waals surface area contributed by atoms with Gasteiger partial charge in [0, 0.05) is 5.54 Å². The lowest BCUT2D eigenvalue weighted by Gasteiger charge is -2.56. The lowest BCUT2D eigenvalue weighted by molar-refractivity contribution is -0.145. The molecular formula is C18H30N2O3. The van der Waals surface area contributed by atoms with Gasteiger partial charge in [-0.3, -0.25) is 0 Å². The molecule has 4 aliphatic rings. The van der Waals surface area contributed by atoms with Crippen molar-refractivity contribution in [2.75, 3.05) is 7.11 Å². The Labute approximate surface area is 138 Å². The summed E-state index contributed by atoms with van der Waals surface area (Å²) in [6.45, 7) is 5.79. The summed E-state index contributed by atoms with van der Waals surface area (Å²) in [6.07, 6.45) is 7.33. The Balaban J connectivity index is 1.66. The number of amides is 2. The van der Waals surface area contributed by atoms with Gasteiger partial charge >= 0.3 is 12.0 Å². The van der Waals surface area contributed by atoms with Crippen molar-refractivity contribution < 1.29 is 14.3 Å². The fourth-order valence-electron chi connectivity index (χ4n) is 5.42. The van der Waals surface area contributed by atoms with Gasteiger partial charge in [-0.05, 0) is 61.7 Å². The van der Waals surface area contributed by atoms with Gasteiger partial charge in [0.1, 0.15) is 6.04 Å². The van der Waals surface area contributed by atoms with E-state index in [1.54, 1.807) is 0 Å². The van der Waals surface area contributed by atoms with Crippen LogP contribution in [0.25, 0.3) is 0 Å². The van der Waals surface area contributed by atoms with Crippen LogP contribution in [0, 0.1) is 23.2 Å². The maximum atomic E-state index is 12.6. The Bertz CT molecular complexity index is 460. The SMILES string of the molecule is COC(=O)C(NC(=O)NC12CC3CC(CC(C3)C1)C2)C(C)(C)C. The van der Waals surface area contributed by atoms with Gasteiger partial charge in [0.25, 0.3) is 0 Å². The van der Waals surface area contributed by atoms with Crippen molar-refractivity contribution >= 4 is 12.0 Å². The second-order valence-electron chi connectivity index (χ2n) is 9.12. The number of carbonyl (C=O) groups excluding carboxylic acids is 2. The molecule has 5 nitrogen and oxygen atoms in total. The second kappa shape index (κ2) is 5.67. The molecule has 4 rings (SSSR count). The summed E-state index contributed by atoms with van der Waals surface area (Å²) in [5, 5.41) is 6.11. The Kier molecular flexibility index (Phi) is 4.09. The third-order valence-electron chi connectivity index (χ3n) is 6.00. The largest absolute Gasteiger partial charge is 0.467 e. The Hall–Kier alpha value is -1.26.